The highest BCUT2D eigenvalue weighted by Crippen LogP contribution is 1.83. The van der Waals surface area contributed by atoms with Gasteiger partial charge in [0.25, 0.3) is 0 Å². The average Bonchev–Trinajstić information content (AvgIpc) is 2.11. The molecule has 7 heteroatoms. The lowest BCUT2D eigenvalue weighted by Gasteiger charge is -1.97. The zero-order chi connectivity index (χ0) is 12.1. The molecule has 0 saturated heterocycles. The van der Waals surface area contributed by atoms with Crippen LogP contribution in [0.25, 0.3) is 0 Å². The lowest BCUT2D eigenvalue weighted by molar-refractivity contribution is -0.294. The Labute approximate surface area is 87.5 Å². The van der Waals surface area contributed by atoms with Crippen LogP contribution in [0, 0.1) is 0 Å². The molecule has 90 valence electrons. The summed E-state index contributed by atoms with van der Waals surface area (Å²) in [5.41, 5.74) is 0. The zero-order valence-electron chi connectivity index (χ0n) is 8.76. The number of carboxylic acid groups (broad SMARTS) is 2. The second-order valence-corrected chi connectivity index (χ2v) is 2.28. The van der Waals surface area contributed by atoms with Gasteiger partial charge in [-0.25, -0.2) is 19.4 Å². The van der Waals surface area contributed by atoms with Crippen molar-refractivity contribution in [2.45, 2.75) is 26.7 Å². The summed E-state index contributed by atoms with van der Waals surface area (Å²) in [6.45, 7) is 5.52. The van der Waals surface area contributed by atoms with Gasteiger partial charge in [0, 0.05) is 0 Å². The van der Waals surface area contributed by atoms with E-state index in [4.69, 9.17) is 20.0 Å². The lowest BCUT2D eigenvalue weighted by Crippen LogP contribution is -2.05. The van der Waals surface area contributed by atoms with E-state index in [2.05, 4.69) is 18.6 Å². The van der Waals surface area contributed by atoms with Crippen molar-refractivity contribution in [3.8, 4) is 0 Å². The summed E-state index contributed by atoms with van der Waals surface area (Å²) < 4.78 is 3.08. The third kappa shape index (κ3) is 24.5. The molecule has 0 aliphatic carbocycles. The van der Waals surface area contributed by atoms with Crippen molar-refractivity contribution >= 4 is 12.3 Å². The Bertz CT molecular complexity index is 150. The van der Waals surface area contributed by atoms with E-state index in [1.807, 2.05) is 0 Å². The van der Waals surface area contributed by atoms with Crippen LogP contribution in [0.4, 0.5) is 9.59 Å². The van der Waals surface area contributed by atoms with E-state index in [-0.39, 0.29) is 0 Å². The van der Waals surface area contributed by atoms with Crippen LogP contribution in [0.5, 0.6) is 0 Å². The maximum atomic E-state index is 9.21. The first-order valence-corrected chi connectivity index (χ1v) is 4.42. The molecule has 0 amide bonds. The van der Waals surface area contributed by atoms with Crippen LogP contribution in [-0.4, -0.2) is 35.7 Å². The van der Waals surface area contributed by atoms with E-state index in [1.54, 1.807) is 0 Å². The van der Waals surface area contributed by atoms with Gasteiger partial charge in [0.05, 0.1) is 13.2 Å². The van der Waals surface area contributed by atoms with Crippen molar-refractivity contribution in [2.24, 2.45) is 0 Å². The fraction of sp³-hybridized carbons (Fsp3) is 0.750. The number of carbonyl (C=O) groups is 2. The van der Waals surface area contributed by atoms with Gasteiger partial charge in [-0.3, -0.25) is 0 Å². The van der Waals surface area contributed by atoms with E-state index in [0.29, 0.717) is 13.2 Å². The fourth-order valence-corrected chi connectivity index (χ4v) is 0.359. The highest BCUT2D eigenvalue weighted by atomic mass is 17.2. The van der Waals surface area contributed by atoms with Crippen molar-refractivity contribution in [1.82, 2.24) is 0 Å². The number of rotatable bonds is 5. The van der Waals surface area contributed by atoms with Crippen LogP contribution >= 0.6 is 0 Å². The Morgan fingerprint density at radius 2 is 1.27 bits per heavy atom. The van der Waals surface area contributed by atoms with E-state index >= 15 is 0 Å². The zero-order valence-corrected chi connectivity index (χ0v) is 8.76. The molecule has 0 heterocycles. The Morgan fingerprint density at radius 1 is 0.933 bits per heavy atom. The van der Waals surface area contributed by atoms with Gasteiger partial charge in [0.15, 0.2) is 0 Å². The van der Waals surface area contributed by atoms with E-state index in [9.17, 15) is 9.59 Å². The lowest BCUT2D eigenvalue weighted by atomic mass is 10.5. The second kappa shape index (κ2) is 12.7. The molecule has 0 spiro atoms. The first-order valence-electron chi connectivity index (χ1n) is 4.42. The molecule has 0 aliphatic rings. The van der Waals surface area contributed by atoms with Crippen LogP contribution < -0.4 is 0 Å². The standard InChI is InChI=1S/C6H14O2.C2H2O5/c1-3-5-7-8-6-4-2;3-1(4)7-2(5)6/h3-6H2,1-2H3;(H,3,4)(H,5,6). The van der Waals surface area contributed by atoms with Gasteiger partial charge in [-0.2, -0.15) is 0 Å². The van der Waals surface area contributed by atoms with Crippen molar-refractivity contribution in [1.29, 1.82) is 0 Å². The SMILES string of the molecule is CCCOOCCC.O=C(O)OC(=O)O. The predicted octanol–water partition coefficient (Wildman–Crippen LogP) is 2.11. The molecule has 0 rings (SSSR count). The molecule has 0 atom stereocenters. The average molecular weight is 224 g/mol. The molecule has 0 aromatic rings. The molecule has 15 heavy (non-hydrogen) atoms. The Hall–Kier alpha value is -1.34. The maximum Gasteiger partial charge on any atom is 0.516 e. The number of hydrogen-bond acceptors (Lipinski definition) is 5. The highest BCUT2D eigenvalue weighted by Gasteiger charge is 2.01. The minimum absolute atomic E-state index is 0.708. The molecule has 0 fully saturated rings. The first kappa shape index (κ1) is 16.1. The van der Waals surface area contributed by atoms with E-state index in [1.165, 1.54) is 0 Å². The largest absolute Gasteiger partial charge is 0.516 e. The smallest absolute Gasteiger partial charge is 0.449 e. The summed E-state index contributed by atoms with van der Waals surface area (Å²) in [4.78, 5) is 27.9. The van der Waals surface area contributed by atoms with Crippen molar-refractivity contribution < 1.29 is 34.3 Å². The fourth-order valence-electron chi connectivity index (χ4n) is 0.359. The Morgan fingerprint density at radius 3 is 1.40 bits per heavy atom. The van der Waals surface area contributed by atoms with Crippen molar-refractivity contribution in [3.63, 3.8) is 0 Å². The van der Waals surface area contributed by atoms with E-state index < -0.39 is 12.3 Å². The highest BCUT2D eigenvalue weighted by molar-refractivity contribution is 5.74. The topological polar surface area (TPSA) is 102 Å². The van der Waals surface area contributed by atoms with Crippen LogP contribution in [-0.2, 0) is 14.5 Å². The molecule has 0 radical (unpaired) electrons. The summed E-state index contributed by atoms with van der Waals surface area (Å²) in [5.74, 6) is 0. The summed E-state index contributed by atoms with van der Waals surface area (Å²) >= 11 is 0. The second-order valence-electron chi connectivity index (χ2n) is 2.28. The van der Waals surface area contributed by atoms with Gasteiger partial charge in [-0.05, 0) is 12.8 Å². The van der Waals surface area contributed by atoms with Gasteiger partial charge in [0.2, 0.25) is 0 Å². The number of ether oxygens (including phenoxy) is 1. The quantitative estimate of drug-likeness (QED) is 0.242. The first-order chi connectivity index (χ1) is 7.04. The molecule has 0 saturated carbocycles. The molecule has 0 aromatic heterocycles. The van der Waals surface area contributed by atoms with Crippen LogP contribution in [0.2, 0.25) is 0 Å². The molecule has 7 nitrogen and oxygen atoms in total. The Kier molecular flexibility index (Phi) is 13.6. The molecular weight excluding hydrogens is 208 g/mol. The van der Waals surface area contributed by atoms with Gasteiger partial charge < -0.3 is 14.9 Å². The van der Waals surface area contributed by atoms with Crippen LogP contribution in [0.15, 0.2) is 0 Å². The summed E-state index contributed by atoms with van der Waals surface area (Å²) in [6, 6.07) is 0. The van der Waals surface area contributed by atoms with Gasteiger partial charge in [-0.1, -0.05) is 13.8 Å². The summed E-state index contributed by atoms with van der Waals surface area (Å²) in [5, 5.41) is 15.0. The summed E-state index contributed by atoms with van der Waals surface area (Å²) in [7, 11) is 0. The minimum atomic E-state index is -1.81. The van der Waals surface area contributed by atoms with Crippen LogP contribution in [0.3, 0.4) is 0 Å². The third-order valence-corrected chi connectivity index (χ3v) is 0.833. The van der Waals surface area contributed by atoms with Gasteiger partial charge in [0.1, 0.15) is 0 Å². The molecular formula is C8H16O7. The normalized spacial score (nSPS) is 8.67. The summed E-state index contributed by atoms with van der Waals surface area (Å²) in [6.07, 6.45) is -1.59. The molecule has 0 unspecified atom stereocenters. The molecule has 0 aliphatic heterocycles. The predicted molar refractivity (Wildman–Crippen MR) is 49.6 cm³/mol. The molecule has 0 bridgehead atoms. The van der Waals surface area contributed by atoms with E-state index in [0.717, 1.165) is 12.8 Å². The number of hydrogen-bond donors (Lipinski definition) is 2. The van der Waals surface area contributed by atoms with Crippen LogP contribution in [0.1, 0.15) is 26.7 Å². The Balaban J connectivity index is 0. The monoisotopic (exact) mass is 224 g/mol. The third-order valence-electron chi connectivity index (χ3n) is 0.833. The van der Waals surface area contributed by atoms with Gasteiger partial charge >= 0.3 is 12.3 Å². The molecule has 0 aromatic carbocycles. The van der Waals surface area contributed by atoms with Crippen molar-refractivity contribution in [2.75, 3.05) is 13.2 Å². The van der Waals surface area contributed by atoms with Gasteiger partial charge in [-0.15, -0.1) is 0 Å². The molecule has 2 N–H and O–H groups in total. The minimum Gasteiger partial charge on any atom is -0.449 e. The van der Waals surface area contributed by atoms with Crippen molar-refractivity contribution in [3.05, 3.63) is 0 Å². The maximum absolute atomic E-state index is 9.21.